The molecule has 0 aromatic rings. The molecule has 0 heterocycles. The molecule has 1 rings (SSSR count). The molecule has 1 amide bonds. The molecule has 2 nitrogen and oxygen atoms in total. The Labute approximate surface area is 134 Å². The fraction of sp³-hybridized carbons (Fsp3) is 0.667. The molecule has 0 bridgehead atoms. The van der Waals surface area contributed by atoms with E-state index < -0.39 is 14.2 Å². The predicted molar refractivity (Wildman–Crippen MR) is 90.6 cm³/mol. The summed E-state index contributed by atoms with van der Waals surface area (Å²) in [5, 5.41) is 0. The van der Waals surface area contributed by atoms with Gasteiger partial charge in [-0.3, -0.25) is 4.79 Å². The molecular weight excluding hydrogens is 309 g/mol. The standard InChI is InChI=1S/C15H25Cl2NOSi/c1-9-10(2)12(4)13(11(9)3)15(5,8-20(6)7)14(19)18(16)17/h11,20H,8H2,1-7H3. The molecule has 0 saturated heterocycles. The smallest absolute Gasteiger partial charge is 0.261 e. The van der Waals surface area contributed by atoms with Gasteiger partial charge in [-0.25, -0.2) is 0 Å². The van der Waals surface area contributed by atoms with Crippen molar-refractivity contribution in [3.8, 4) is 0 Å². The highest BCUT2D eigenvalue weighted by molar-refractivity contribution is 6.56. The zero-order chi connectivity index (χ0) is 15.8. The van der Waals surface area contributed by atoms with Crippen LogP contribution in [0.15, 0.2) is 22.3 Å². The second-order valence-corrected chi connectivity index (χ2v) is 10.6. The normalized spacial score (nSPS) is 22.6. The lowest BCUT2D eigenvalue weighted by atomic mass is 9.75. The highest BCUT2D eigenvalue weighted by Crippen LogP contribution is 2.49. The Morgan fingerprint density at radius 3 is 2.05 bits per heavy atom. The Morgan fingerprint density at radius 2 is 1.75 bits per heavy atom. The third-order valence-electron chi connectivity index (χ3n) is 4.68. The quantitative estimate of drug-likeness (QED) is 0.528. The van der Waals surface area contributed by atoms with Crippen LogP contribution >= 0.6 is 23.6 Å². The van der Waals surface area contributed by atoms with Crippen molar-refractivity contribution in [1.29, 1.82) is 0 Å². The summed E-state index contributed by atoms with van der Waals surface area (Å²) in [6.45, 7) is 15.1. The predicted octanol–water partition coefficient (Wildman–Crippen LogP) is 4.92. The Morgan fingerprint density at radius 1 is 1.25 bits per heavy atom. The zero-order valence-electron chi connectivity index (χ0n) is 13.5. The van der Waals surface area contributed by atoms with Crippen LogP contribution in [0.2, 0.25) is 19.1 Å². The molecule has 0 saturated carbocycles. The summed E-state index contributed by atoms with van der Waals surface area (Å²) < 4.78 is 0.715. The summed E-state index contributed by atoms with van der Waals surface area (Å²) in [6, 6.07) is 0.874. The van der Waals surface area contributed by atoms with Crippen molar-refractivity contribution in [3.05, 3.63) is 22.3 Å². The van der Waals surface area contributed by atoms with E-state index in [-0.39, 0.29) is 11.8 Å². The summed E-state index contributed by atoms with van der Waals surface area (Å²) in [5.41, 5.74) is 4.48. The van der Waals surface area contributed by atoms with Crippen LogP contribution in [-0.4, -0.2) is 18.6 Å². The number of hydrogen-bond donors (Lipinski definition) is 0. The summed E-state index contributed by atoms with van der Waals surface area (Å²) in [4.78, 5) is 12.6. The van der Waals surface area contributed by atoms with Gasteiger partial charge in [0.25, 0.3) is 5.91 Å². The largest absolute Gasteiger partial charge is 0.271 e. The van der Waals surface area contributed by atoms with Gasteiger partial charge in [-0.15, -0.1) is 0 Å². The van der Waals surface area contributed by atoms with Crippen molar-refractivity contribution in [1.82, 2.24) is 3.94 Å². The van der Waals surface area contributed by atoms with E-state index in [1.165, 1.54) is 22.3 Å². The molecule has 0 spiro atoms. The Hall–Kier alpha value is -0.253. The molecule has 5 heteroatoms. The Balaban J connectivity index is 3.38. The molecule has 0 radical (unpaired) electrons. The number of hydrogen-bond acceptors (Lipinski definition) is 1. The van der Waals surface area contributed by atoms with Crippen LogP contribution in [0.4, 0.5) is 0 Å². The van der Waals surface area contributed by atoms with Gasteiger partial charge in [-0.1, -0.05) is 25.6 Å². The maximum Gasteiger partial charge on any atom is 0.261 e. The first kappa shape index (κ1) is 17.8. The van der Waals surface area contributed by atoms with Gasteiger partial charge in [0.1, 0.15) is 0 Å². The van der Waals surface area contributed by atoms with E-state index in [1.54, 1.807) is 0 Å². The average Bonchev–Trinajstić information content (AvgIpc) is 2.52. The zero-order valence-corrected chi connectivity index (χ0v) is 16.1. The first-order valence-electron chi connectivity index (χ1n) is 7.09. The Kier molecular flexibility index (Phi) is 5.56. The highest BCUT2D eigenvalue weighted by atomic mass is 35.5. The molecule has 1 aliphatic carbocycles. The number of rotatable bonds is 4. The van der Waals surface area contributed by atoms with Gasteiger partial charge in [0.2, 0.25) is 0 Å². The summed E-state index contributed by atoms with van der Waals surface area (Å²) in [5.74, 6) is 0.0794. The maximum atomic E-state index is 12.6. The minimum absolute atomic E-state index is 0.203. The first-order chi connectivity index (χ1) is 9.04. The van der Waals surface area contributed by atoms with Crippen LogP contribution in [0, 0.1) is 11.3 Å². The van der Waals surface area contributed by atoms with E-state index in [9.17, 15) is 4.79 Å². The van der Waals surface area contributed by atoms with Gasteiger partial charge in [0.15, 0.2) is 0 Å². The van der Waals surface area contributed by atoms with Gasteiger partial charge < -0.3 is 0 Å². The highest BCUT2D eigenvalue weighted by Gasteiger charge is 2.45. The van der Waals surface area contributed by atoms with Crippen molar-refractivity contribution in [2.75, 3.05) is 0 Å². The van der Waals surface area contributed by atoms with Crippen molar-refractivity contribution < 1.29 is 4.79 Å². The SMILES string of the molecule is CC1=C(C)C(C)C(C(C)(C[SiH](C)C)C(=O)N(Cl)Cl)=C1C. The van der Waals surface area contributed by atoms with Gasteiger partial charge in [0.05, 0.1) is 5.41 Å². The Bertz CT molecular complexity index is 482. The van der Waals surface area contributed by atoms with Crippen LogP contribution in [0.1, 0.15) is 34.6 Å². The molecule has 0 aromatic heterocycles. The van der Waals surface area contributed by atoms with Gasteiger partial charge in [-0.05, 0) is 56.4 Å². The third-order valence-corrected chi connectivity index (χ3v) is 6.62. The number of carbonyl (C=O) groups excluding carboxylic acids is 1. The van der Waals surface area contributed by atoms with Crippen LogP contribution in [-0.2, 0) is 4.79 Å². The monoisotopic (exact) mass is 333 g/mol. The van der Waals surface area contributed by atoms with Crippen molar-refractivity contribution in [2.45, 2.75) is 53.8 Å². The second-order valence-electron chi connectivity index (χ2n) is 6.54. The second kappa shape index (κ2) is 6.25. The minimum Gasteiger partial charge on any atom is -0.271 e. The molecule has 0 fully saturated rings. The van der Waals surface area contributed by atoms with E-state index in [0.717, 1.165) is 6.04 Å². The lowest BCUT2D eigenvalue weighted by Crippen LogP contribution is -2.39. The maximum absolute atomic E-state index is 12.6. The topological polar surface area (TPSA) is 20.3 Å². The molecule has 2 atom stereocenters. The average molecular weight is 334 g/mol. The lowest BCUT2D eigenvalue weighted by molar-refractivity contribution is -0.130. The van der Waals surface area contributed by atoms with Crippen molar-refractivity contribution >= 4 is 38.3 Å². The number of amides is 1. The molecule has 20 heavy (non-hydrogen) atoms. The van der Waals surface area contributed by atoms with E-state index in [0.29, 0.717) is 3.94 Å². The van der Waals surface area contributed by atoms with Gasteiger partial charge in [0, 0.05) is 32.4 Å². The van der Waals surface area contributed by atoms with Gasteiger partial charge >= 0.3 is 0 Å². The molecule has 1 aliphatic rings. The van der Waals surface area contributed by atoms with E-state index in [4.69, 9.17) is 23.6 Å². The van der Waals surface area contributed by atoms with E-state index in [1.807, 2.05) is 6.92 Å². The number of carbonyl (C=O) groups is 1. The van der Waals surface area contributed by atoms with Crippen molar-refractivity contribution in [3.63, 3.8) is 0 Å². The first-order valence-corrected chi connectivity index (χ1v) is 10.9. The fourth-order valence-corrected chi connectivity index (χ4v) is 5.97. The molecule has 114 valence electrons. The summed E-state index contributed by atoms with van der Waals surface area (Å²) >= 11 is 11.5. The molecule has 0 N–H and O–H groups in total. The molecular formula is C15H25Cl2NOSi. The number of nitrogens with zero attached hydrogens (tertiary/aromatic N) is 1. The molecule has 0 aliphatic heterocycles. The van der Waals surface area contributed by atoms with E-state index in [2.05, 4.69) is 40.8 Å². The van der Waals surface area contributed by atoms with Crippen LogP contribution in [0.25, 0.3) is 0 Å². The van der Waals surface area contributed by atoms with Crippen molar-refractivity contribution in [2.24, 2.45) is 11.3 Å². The fourth-order valence-electron chi connectivity index (χ4n) is 3.57. The number of halogens is 2. The van der Waals surface area contributed by atoms with Crippen LogP contribution in [0.3, 0.4) is 0 Å². The molecule has 0 aromatic carbocycles. The number of allylic oxidation sites excluding steroid dienone is 3. The van der Waals surface area contributed by atoms with Crippen LogP contribution < -0.4 is 0 Å². The van der Waals surface area contributed by atoms with Gasteiger partial charge in [-0.2, -0.15) is 3.94 Å². The summed E-state index contributed by atoms with van der Waals surface area (Å²) in [6.07, 6.45) is 0. The summed E-state index contributed by atoms with van der Waals surface area (Å²) in [7, 11) is -0.962. The lowest BCUT2D eigenvalue weighted by Gasteiger charge is -2.35. The third kappa shape index (κ3) is 3.00. The minimum atomic E-state index is -0.962. The van der Waals surface area contributed by atoms with E-state index >= 15 is 0 Å². The molecule has 2 unspecified atom stereocenters. The van der Waals surface area contributed by atoms with Crippen LogP contribution in [0.5, 0.6) is 0 Å².